The quantitative estimate of drug-likeness (QED) is 0.801. The van der Waals surface area contributed by atoms with Crippen LogP contribution in [-0.2, 0) is 6.42 Å². The van der Waals surface area contributed by atoms with Gasteiger partial charge in [0.05, 0.1) is 11.6 Å². The fourth-order valence-electron chi connectivity index (χ4n) is 2.45. The Morgan fingerprint density at radius 3 is 2.78 bits per heavy atom. The van der Waals surface area contributed by atoms with E-state index in [0.29, 0.717) is 11.4 Å². The Labute approximate surface area is 104 Å². The maximum atomic E-state index is 8.90. The van der Waals surface area contributed by atoms with Crippen LogP contribution >= 0.6 is 0 Å². The summed E-state index contributed by atoms with van der Waals surface area (Å²) in [4.78, 5) is 12.2. The van der Waals surface area contributed by atoms with Gasteiger partial charge >= 0.3 is 0 Å². The number of rotatable bonds is 1. The number of fused-ring (bicyclic) bond motifs is 1. The molecule has 5 nitrogen and oxygen atoms in total. The second kappa shape index (κ2) is 4.17. The Balaban J connectivity index is 1.99. The lowest BCUT2D eigenvalue weighted by atomic mass is 10.0. The summed E-state index contributed by atoms with van der Waals surface area (Å²) in [5.41, 5.74) is 9.10. The minimum absolute atomic E-state index is 0.0666. The lowest BCUT2D eigenvalue weighted by molar-refractivity contribution is 0.566. The fourth-order valence-corrected chi connectivity index (χ4v) is 2.45. The highest BCUT2D eigenvalue weighted by molar-refractivity contribution is 5.44. The van der Waals surface area contributed by atoms with Crippen LogP contribution < -0.4 is 5.73 Å². The molecule has 1 aromatic heterocycles. The lowest BCUT2D eigenvalue weighted by Gasteiger charge is -2.13. The Kier molecular flexibility index (Phi) is 2.50. The molecule has 1 aliphatic carbocycles. The average Bonchev–Trinajstić information content (AvgIpc) is 2.76. The number of nitrogens with two attached hydrogens (primary N) is 1. The van der Waals surface area contributed by atoms with Crippen molar-refractivity contribution in [3.63, 3.8) is 0 Å². The molecule has 0 bridgehead atoms. The number of hydrogen-bond donors (Lipinski definition) is 1. The van der Waals surface area contributed by atoms with Gasteiger partial charge in [0.15, 0.2) is 0 Å². The summed E-state index contributed by atoms with van der Waals surface area (Å²) in [6.45, 7) is 0. The van der Waals surface area contributed by atoms with Crippen molar-refractivity contribution in [1.82, 2.24) is 15.0 Å². The second-order valence-electron chi connectivity index (χ2n) is 4.36. The highest BCUT2D eigenvalue weighted by atomic mass is 15.0. The molecule has 2 aromatic rings. The summed E-state index contributed by atoms with van der Waals surface area (Å²) in [6.07, 6.45) is 3.74. The minimum Gasteiger partial charge on any atom is -0.323 e. The zero-order valence-electron chi connectivity index (χ0n) is 9.61. The molecule has 5 heteroatoms. The average molecular weight is 237 g/mol. The summed E-state index contributed by atoms with van der Waals surface area (Å²) >= 11 is 0. The molecule has 2 unspecified atom stereocenters. The number of benzene rings is 1. The molecule has 1 aromatic carbocycles. The molecule has 88 valence electrons. The molecule has 0 saturated heterocycles. The van der Waals surface area contributed by atoms with Gasteiger partial charge in [0.2, 0.25) is 0 Å². The highest BCUT2D eigenvalue weighted by Crippen LogP contribution is 2.39. The van der Waals surface area contributed by atoms with Crippen LogP contribution in [0.3, 0.4) is 0 Å². The van der Waals surface area contributed by atoms with E-state index < -0.39 is 0 Å². The van der Waals surface area contributed by atoms with Crippen LogP contribution in [-0.4, -0.2) is 15.0 Å². The third kappa shape index (κ3) is 1.63. The van der Waals surface area contributed by atoms with Gasteiger partial charge in [0.25, 0.3) is 0 Å². The van der Waals surface area contributed by atoms with Gasteiger partial charge in [-0.1, -0.05) is 6.07 Å². The molecule has 0 aliphatic heterocycles. The number of aromatic nitrogens is 3. The molecule has 0 radical (unpaired) electrons. The largest absolute Gasteiger partial charge is 0.323 e. The van der Waals surface area contributed by atoms with Gasteiger partial charge in [-0.15, -0.1) is 0 Å². The van der Waals surface area contributed by atoms with E-state index in [1.807, 2.05) is 12.1 Å². The molecule has 1 heterocycles. The van der Waals surface area contributed by atoms with Gasteiger partial charge in [0, 0.05) is 12.0 Å². The van der Waals surface area contributed by atoms with Crippen LogP contribution in [0, 0.1) is 11.3 Å². The van der Waals surface area contributed by atoms with E-state index in [0.717, 1.165) is 17.5 Å². The van der Waals surface area contributed by atoms with Gasteiger partial charge in [-0.3, -0.25) is 0 Å². The van der Waals surface area contributed by atoms with Crippen molar-refractivity contribution in [3.05, 3.63) is 53.4 Å². The number of nitriles is 1. The minimum atomic E-state index is -0.116. The van der Waals surface area contributed by atoms with Crippen molar-refractivity contribution in [2.75, 3.05) is 0 Å². The maximum Gasteiger partial charge on any atom is 0.137 e. The number of hydrogen-bond acceptors (Lipinski definition) is 5. The molecular weight excluding hydrogens is 226 g/mol. The van der Waals surface area contributed by atoms with E-state index in [4.69, 9.17) is 11.0 Å². The molecule has 0 spiro atoms. The lowest BCUT2D eigenvalue weighted by Crippen LogP contribution is -2.17. The molecule has 1 aliphatic rings. The summed E-state index contributed by atoms with van der Waals surface area (Å²) < 4.78 is 0. The third-order valence-electron chi connectivity index (χ3n) is 3.35. The highest BCUT2D eigenvalue weighted by Gasteiger charge is 2.32. The summed E-state index contributed by atoms with van der Waals surface area (Å²) in [5, 5.41) is 8.90. The van der Waals surface area contributed by atoms with Gasteiger partial charge in [-0.05, 0) is 29.7 Å². The molecule has 0 saturated carbocycles. The molecule has 2 N–H and O–H groups in total. The first kappa shape index (κ1) is 10.8. The van der Waals surface area contributed by atoms with Gasteiger partial charge in [-0.2, -0.15) is 5.26 Å². The second-order valence-corrected chi connectivity index (χ2v) is 4.36. The van der Waals surface area contributed by atoms with Crippen molar-refractivity contribution >= 4 is 0 Å². The van der Waals surface area contributed by atoms with Crippen LogP contribution in [0.4, 0.5) is 0 Å². The van der Waals surface area contributed by atoms with E-state index in [-0.39, 0.29) is 12.0 Å². The first-order valence-corrected chi connectivity index (χ1v) is 5.70. The van der Waals surface area contributed by atoms with E-state index in [1.54, 1.807) is 6.07 Å². The molecule has 2 atom stereocenters. The van der Waals surface area contributed by atoms with Crippen molar-refractivity contribution < 1.29 is 0 Å². The number of nitrogens with zero attached hydrogens (tertiary/aromatic N) is 4. The predicted molar refractivity (Wildman–Crippen MR) is 64.4 cm³/mol. The van der Waals surface area contributed by atoms with Crippen molar-refractivity contribution in [3.8, 4) is 6.07 Å². The zero-order valence-corrected chi connectivity index (χ0v) is 9.61. The smallest absolute Gasteiger partial charge is 0.137 e. The van der Waals surface area contributed by atoms with E-state index in [1.165, 1.54) is 12.7 Å². The topological polar surface area (TPSA) is 88.5 Å². The normalized spacial score (nSPS) is 21.3. The standard InChI is InChI=1S/C13H11N5/c14-5-8-1-2-10-9(3-8)4-11(12(10)15)13-17-6-16-7-18-13/h1-3,6-7,11-12H,4,15H2. The molecular formula is C13H11N5. The van der Waals surface area contributed by atoms with Crippen LogP contribution in [0.2, 0.25) is 0 Å². The Morgan fingerprint density at radius 2 is 2.06 bits per heavy atom. The summed E-state index contributed by atoms with van der Waals surface area (Å²) in [7, 11) is 0. The predicted octanol–water partition coefficient (Wildman–Crippen LogP) is 1.08. The van der Waals surface area contributed by atoms with Crippen molar-refractivity contribution in [2.24, 2.45) is 5.73 Å². The molecule has 0 fully saturated rings. The van der Waals surface area contributed by atoms with Gasteiger partial charge < -0.3 is 5.73 Å². The van der Waals surface area contributed by atoms with Gasteiger partial charge in [0.1, 0.15) is 18.5 Å². The molecule has 3 rings (SSSR count). The Hall–Kier alpha value is -2.32. The van der Waals surface area contributed by atoms with E-state index in [2.05, 4.69) is 21.0 Å². The van der Waals surface area contributed by atoms with E-state index in [9.17, 15) is 0 Å². The first-order valence-electron chi connectivity index (χ1n) is 5.70. The summed E-state index contributed by atoms with van der Waals surface area (Å²) in [5.74, 6) is 0.782. The SMILES string of the molecule is N#Cc1ccc2c(c1)CC(c1ncncn1)C2N. The van der Waals surface area contributed by atoms with Crippen LogP contribution in [0.15, 0.2) is 30.9 Å². The zero-order chi connectivity index (χ0) is 12.5. The van der Waals surface area contributed by atoms with Crippen molar-refractivity contribution in [2.45, 2.75) is 18.4 Å². The maximum absolute atomic E-state index is 8.90. The van der Waals surface area contributed by atoms with Crippen LogP contribution in [0.25, 0.3) is 0 Å². The monoisotopic (exact) mass is 237 g/mol. The van der Waals surface area contributed by atoms with Gasteiger partial charge in [-0.25, -0.2) is 15.0 Å². The summed E-state index contributed by atoms with van der Waals surface area (Å²) in [6, 6.07) is 7.66. The van der Waals surface area contributed by atoms with Crippen LogP contribution in [0.1, 0.15) is 34.5 Å². The van der Waals surface area contributed by atoms with Crippen LogP contribution in [0.5, 0.6) is 0 Å². The van der Waals surface area contributed by atoms with E-state index >= 15 is 0 Å². The Bertz CT molecular complexity index is 617. The first-order chi connectivity index (χ1) is 8.79. The van der Waals surface area contributed by atoms with Crippen molar-refractivity contribution in [1.29, 1.82) is 5.26 Å². The third-order valence-corrected chi connectivity index (χ3v) is 3.35. The molecule has 0 amide bonds. The Morgan fingerprint density at radius 1 is 1.28 bits per heavy atom. The molecule has 18 heavy (non-hydrogen) atoms. The fraction of sp³-hybridized carbons (Fsp3) is 0.231.